The summed E-state index contributed by atoms with van der Waals surface area (Å²) in [4.78, 5) is 25.3. The van der Waals surface area contributed by atoms with Gasteiger partial charge in [0.2, 0.25) is 0 Å². The Hall–Kier alpha value is 0.129. The van der Waals surface area contributed by atoms with Crippen molar-refractivity contribution in [3.05, 3.63) is 121 Å². The minimum atomic E-state index is -4.50. The summed E-state index contributed by atoms with van der Waals surface area (Å²) in [5, 5.41) is 27.6. The summed E-state index contributed by atoms with van der Waals surface area (Å²) < 4.78 is 66.6. The van der Waals surface area contributed by atoms with Crippen LogP contribution in [-0.4, -0.2) is 231 Å². The van der Waals surface area contributed by atoms with E-state index in [4.69, 9.17) is 0 Å². The van der Waals surface area contributed by atoms with Gasteiger partial charge < -0.3 is 10.6 Å². The predicted octanol–water partition coefficient (Wildman–Crippen LogP) is 1.51. The standard InChI is InChI=1S/2C14H11N5O4S2.Au.3K.3H/c2*20-14(12-6-1-2-7-13(12)25(21,22)23)17-10-4-3-5-11(8-10)24-19-16-9-15-18-19;;;;;;;/h2*1-9H,(H,17,20)(H,21,22,23);;;;;;;. The number of carbonyl (C=O) groups is 2. The molecule has 2 amide bonds. The van der Waals surface area contributed by atoms with E-state index in [0.717, 1.165) is 21.9 Å². The normalized spacial score (nSPS) is 10.4. The first kappa shape index (κ1) is 52.1. The Bertz CT molecular complexity index is 2200. The van der Waals surface area contributed by atoms with Crippen molar-refractivity contribution in [2.75, 3.05) is 10.6 Å². The van der Waals surface area contributed by atoms with Crippen LogP contribution in [-0.2, 0) is 42.6 Å². The number of rotatable bonds is 10. The number of amides is 2. The summed E-state index contributed by atoms with van der Waals surface area (Å²) in [6.45, 7) is 0. The van der Waals surface area contributed by atoms with Crippen molar-refractivity contribution in [1.82, 2.24) is 39.2 Å². The molecule has 0 aliphatic rings. The molecule has 6 rings (SSSR count). The fourth-order valence-electron chi connectivity index (χ4n) is 4.00. The first-order valence-electron chi connectivity index (χ1n) is 13.7. The number of hydrogen-bond acceptors (Lipinski definition) is 14. The van der Waals surface area contributed by atoms with Crippen molar-refractivity contribution < 1.29 is 57.9 Å². The average Bonchev–Trinajstić information content (AvgIpc) is 3.79. The van der Waals surface area contributed by atoms with Crippen molar-refractivity contribution in [3.63, 3.8) is 0 Å². The second-order valence-electron chi connectivity index (χ2n) is 9.47. The second-order valence-corrected chi connectivity index (χ2v) is 14.2. The molecule has 4 N–H and O–H groups in total. The zero-order valence-corrected chi connectivity index (χ0v) is 30.7. The van der Waals surface area contributed by atoms with Crippen LogP contribution in [0.1, 0.15) is 20.7 Å². The molecule has 26 heteroatoms. The molecule has 0 aliphatic carbocycles. The van der Waals surface area contributed by atoms with Crippen LogP contribution in [0.15, 0.2) is 129 Å². The van der Waals surface area contributed by atoms with Crippen LogP contribution < -0.4 is 10.6 Å². The topological polar surface area (TPSA) is 254 Å². The van der Waals surface area contributed by atoms with E-state index in [9.17, 15) is 35.5 Å². The molecule has 273 valence electrons. The van der Waals surface area contributed by atoms with Crippen molar-refractivity contribution in [2.45, 2.75) is 19.6 Å². The summed E-state index contributed by atoms with van der Waals surface area (Å²) in [6.07, 6.45) is 2.59. The molecule has 6 aromatic rings. The van der Waals surface area contributed by atoms with Gasteiger partial charge in [0.15, 0.2) is 12.7 Å². The molecular formula is C28H25AuK3N10O8S4. The van der Waals surface area contributed by atoms with Crippen LogP contribution in [0.4, 0.5) is 11.4 Å². The minimum absolute atomic E-state index is 0. The number of carbonyl (C=O) groups excluding carboxylic acids is 2. The number of nitrogens with one attached hydrogen (secondary N) is 2. The van der Waals surface area contributed by atoms with E-state index >= 15 is 0 Å². The number of aromatic nitrogens is 8. The Morgan fingerprint density at radius 3 is 1.28 bits per heavy atom. The Balaban J connectivity index is 0.000000503. The van der Waals surface area contributed by atoms with Gasteiger partial charge in [0.1, 0.15) is 9.79 Å². The van der Waals surface area contributed by atoms with Crippen molar-refractivity contribution >= 4 is 221 Å². The van der Waals surface area contributed by atoms with Crippen molar-refractivity contribution in [2.24, 2.45) is 0 Å². The molecule has 18 nitrogen and oxygen atoms in total. The van der Waals surface area contributed by atoms with E-state index in [-0.39, 0.29) is 188 Å². The zero-order chi connectivity index (χ0) is 35.7. The van der Waals surface area contributed by atoms with Crippen LogP contribution in [0.25, 0.3) is 0 Å². The first-order valence-corrected chi connectivity index (χ1v) is 18.1. The summed E-state index contributed by atoms with van der Waals surface area (Å²) in [5.74, 6) is -1.32. The number of tetrazole rings is 2. The van der Waals surface area contributed by atoms with Crippen LogP contribution >= 0.6 is 23.9 Å². The van der Waals surface area contributed by atoms with Crippen molar-refractivity contribution in [3.8, 4) is 0 Å². The van der Waals surface area contributed by atoms with Gasteiger partial charge in [0.05, 0.1) is 11.1 Å². The average molecular weight is 1070 g/mol. The molecule has 0 fully saturated rings. The summed E-state index contributed by atoms with van der Waals surface area (Å²) in [5.41, 5.74) is 0.586. The van der Waals surface area contributed by atoms with Gasteiger partial charge in [-0.05, 0) is 71.1 Å². The maximum atomic E-state index is 12.4. The molecule has 0 bridgehead atoms. The van der Waals surface area contributed by atoms with Gasteiger partial charge >= 0.3 is 154 Å². The third kappa shape index (κ3) is 16.1. The van der Waals surface area contributed by atoms with Gasteiger partial charge in [-0.2, -0.15) is 16.8 Å². The van der Waals surface area contributed by atoms with Crippen LogP contribution in [0.5, 0.6) is 0 Å². The van der Waals surface area contributed by atoms with Gasteiger partial charge in [0, 0.05) is 67.4 Å². The van der Waals surface area contributed by atoms with Gasteiger partial charge in [-0.3, -0.25) is 18.7 Å². The molecule has 0 unspecified atom stereocenters. The number of nitrogens with zero attached hydrogens (tertiary/aromatic N) is 8. The summed E-state index contributed by atoms with van der Waals surface area (Å²) in [6, 6.07) is 24.4. The molecule has 2 heterocycles. The van der Waals surface area contributed by atoms with Gasteiger partial charge in [0.25, 0.3) is 32.1 Å². The first-order chi connectivity index (χ1) is 23.9. The molecule has 0 saturated carbocycles. The Kier molecular flexibility index (Phi) is 24.1. The molecule has 2 aromatic heterocycles. The zero-order valence-electron chi connectivity index (χ0n) is 25.2. The van der Waals surface area contributed by atoms with E-state index in [1.165, 1.54) is 81.4 Å². The molecular weight excluding hydrogens is 1050 g/mol. The van der Waals surface area contributed by atoms with Crippen molar-refractivity contribution in [1.29, 1.82) is 0 Å². The Morgan fingerprint density at radius 2 is 0.944 bits per heavy atom. The van der Waals surface area contributed by atoms with Gasteiger partial charge in [-0.25, -0.2) is 0 Å². The van der Waals surface area contributed by atoms with Crippen LogP contribution in [0, 0.1) is 0 Å². The van der Waals surface area contributed by atoms with Crippen LogP contribution in [0.3, 0.4) is 0 Å². The SMILES string of the molecule is O=C(Nc1cccc(Sn2ncnn2)c1)c1ccccc1S(=O)(=O)O.O=C(Nc1cccc(Sn2ncnn2)c1)c1ccccc1S(=O)(=O)O.[Au].[KH].[KH].[KH]. The Labute approximate surface area is 460 Å². The molecule has 54 heavy (non-hydrogen) atoms. The Morgan fingerprint density at radius 1 is 0.574 bits per heavy atom. The fraction of sp³-hybridized carbons (Fsp3) is 0. The molecule has 0 aliphatic heterocycles. The summed E-state index contributed by atoms with van der Waals surface area (Å²) in [7, 11) is -9.01. The monoisotopic (exact) mass is 1070 g/mol. The number of hydrogen-bond donors (Lipinski definition) is 4. The van der Waals surface area contributed by atoms with E-state index in [1.54, 1.807) is 48.5 Å². The van der Waals surface area contributed by atoms with Crippen LogP contribution in [0.2, 0.25) is 0 Å². The predicted molar refractivity (Wildman–Crippen MR) is 201 cm³/mol. The van der Waals surface area contributed by atoms with E-state index in [1.807, 2.05) is 0 Å². The molecule has 0 saturated heterocycles. The van der Waals surface area contributed by atoms with E-state index < -0.39 is 41.8 Å². The van der Waals surface area contributed by atoms with E-state index in [2.05, 4.69) is 41.5 Å². The number of benzene rings is 4. The fourth-order valence-corrected chi connectivity index (χ4v) is 6.73. The maximum absolute atomic E-state index is 12.4. The van der Waals surface area contributed by atoms with Gasteiger partial charge in [-0.15, -0.1) is 20.4 Å². The third-order valence-electron chi connectivity index (χ3n) is 6.04. The van der Waals surface area contributed by atoms with Gasteiger partial charge in [-0.1, -0.05) is 44.8 Å². The molecule has 0 atom stereocenters. The third-order valence-corrected chi connectivity index (χ3v) is 9.45. The summed E-state index contributed by atoms with van der Waals surface area (Å²) >= 11 is 2.37. The molecule has 1 radical (unpaired) electrons. The molecule has 4 aromatic carbocycles. The van der Waals surface area contributed by atoms with E-state index in [0.29, 0.717) is 11.4 Å². The number of anilines is 2. The quantitative estimate of drug-likeness (QED) is 0.112. The second kappa shape index (κ2) is 24.9. The molecule has 0 spiro atoms.